The normalized spacial score (nSPS) is 13.3. The number of rotatable bonds is 3. The van der Waals surface area contributed by atoms with Crippen molar-refractivity contribution < 1.29 is 9.50 Å². The molecule has 2 nitrogen and oxygen atoms in total. The zero-order valence-corrected chi connectivity index (χ0v) is 8.50. The quantitative estimate of drug-likeness (QED) is 0.778. The van der Waals surface area contributed by atoms with Crippen molar-refractivity contribution in [1.82, 2.24) is 0 Å². The van der Waals surface area contributed by atoms with Crippen molar-refractivity contribution in [2.45, 2.75) is 26.5 Å². The van der Waals surface area contributed by atoms with Crippen molar-refractivity contribution in [3.8, 4) is 0 Å². The minimum absolute atomic E-state index is 0.155. The van der Waals surface area contributed by atoms with Crippen molar-refractivity contribution in [2.75, 3.05) is 0 Å². The molecule has 0 bridgehead atoms. The van der Waals surface area contributed by atoms with Crippen LogP contribution in [0.5, 0.6) is 0 Å². The molecule has 3 N–H and O–H groups in total. The van der Waals surface area contributed by atoms with Gasteiger partial charge in [-0.25, -0.2) is 4.39 Å². The Hall–Kier alpha value is -0.930. The third-order valence-electron chi connectivity index (χ3n) is 2.35. The monoisotopic (exact) mass is 197 g/mol. The van der Waals surface area contributed by atoms with Crippen LogP contribution in [0.1, 0.15) is 31.0 Å². The molecule has 0 aliphatic heterocycles. The fourth-order valence-electron chi connectivity index (χ4n) is 1.40. The van der Waals surface area contributed by atoms with Gasteiger partial charge in [0.25, 0.3) is 0 Å². The Bertz CT molecular complexity index is 312. The number of aliphatic hydroxyl groups excluding tert-OH is 1. The van der Waals surface area contributed by atoms with Gasteiger partial charge in [0.1, 0.15) is 5.82 Å². The highest BCUT2D eigenvalue weighted by Crippen LogP contribution is 2.23. The van der Waals surface area contributed by atoms with E-state index in [4.69, 9.17) is 10.8 Å². The standard InChI is InChI=1S/C11H16FNO/c1-7(2)11(13)10-4-3-9(12)5-8(10)6-14/h3-5,7,11,14H,6,13H2,1-2H3/t11-/m0/s1. The first-order chi connectivity index (χ1) is 6.56. The van der Waals surface area contributed by atoms with Gasteiger partial charge in [-0.15, -0.1) is 0 Å². The van der Waals surface area contributed by atoms with E-state index in [-0.39, 0.29) is 24.4 Å². The van der Waals surface area contributed by atoms with Gasteiger partial charge in [0.2, 0.25) is 0 Å². The predicted molar refractivity (Wildman–Crippen MR) is 54.1 cm³/mol. The smallest absolute Gasteiger partial charge is 0.123 e. The largest absolute Gasteiger partial charge is 0.392 e. The van der Waals surface area contributed by atoms with E-state index in [1.807, 2.05) is 13.8 Å². The third kappa shape index (κ3) is 2.30. The molecule has 0 aromatic heterocycles. The van der Waals surface area contributed by atoms with E-state index in [0.717, 1.165) is 5.56 Å². The summed E-state index contributed by atoms with van der Waals surface area (Å²) in [5.41, 5.74) is 7.33. The van der Waals surface area contributed by atoms with Crippen molar-refractivity contribution in [3.63, 3.8) is 0 Å². The van der Waals surface area contributed by atoms with E-state index in [0.29, 0.717) is 5.56 Å². The lowest BCUT2D eigenvalue weighted by atomic mass is 9.93. The topological polar surface area (TPSA) is 46.2 Å². The molecular formula is C11H16FNO. The summed E-state index contributed by atoms with van der Waals surface area (Å²) in [5.74, 6) is -0.0699. The van der Waals surface area contributed by atoms with Crippen LogP contribution in [0.25, 0.3) is 0 Å². The average molecular weight is 197 g/mol. The maximum Gasteiger partial charge on any atom is 0.123 e. The molecule has 14 heavy (non-hydrogen) atoms. The molecule has 0 aliphatic rings. The summed E-state index contributed by atoms with van der Waals surface area (Å²) in [4.78, 5) is 0. The average Bonchev–Trinajstić information content (AvgIpc) is 2.16. The maximum atomic E-state index is 12.8. The van der Waals surface area contributed by atoms with Gasteiger partial charge in [0.05, 0.1) is 6.61 Å². The first-order valence-corrected chi connectivity index (χ1v) is 4.71. The van der Waals surface area contributed by atoms with Crippen LogP contribution < -0.4 is 5.73 Å². The molecule has 78 valence electrons. The molecule has 0 radical (unpaired) electrons. The van der Waals surface area contributed by atoms with E-state index >= 15 is 0 Å². The second kappa shape index (κ2) is 4.53. The molecule has 1 aromatic rings. The summed E-state index contributed by atoms with van der Waals surface area (Å²) in [6.07, 6.45) is 0. The van der Waals surface area contributed by atoms with Gasteiger partial charge >= 0.3 is 0 Å². The Balaban J connectivity index is 3.07. The summed E-state index contributed by atoms with van der Waals surface area (Å²) in [5, 5.41) is 9.05. The zero-order valence-electron chi connectivity index (χ0n) is 8.50. The van der Waals surface area contributed by atoms with Gasteiger partial charge in [-0.2, -0.15) is 0 Å². The molecule has 0 saturated heterocycles. The van der Waals surface area contributed by atoms with Crippen LogP contribution in [0, 0.1) is 11.7 Å². The van der Waals surface area contributed by atoms with Gasteiger partial charge in [-0.1, -0.05) is 19.9 Å². The lowest BCUT2D eigenvalue weighted by Gasteiger charge is -2.18. The SMILES string of the molecule is CC(C)[C@H](N)c1ccc(F)cc1CO. The summed E-state index contributed by atoms with van der Waals surface area (Å²) < 4.78 is 12.8. The fourth-order valence-corrected chi connectivity index (χ4v) is 1.40. The number of benzene rings is 1. The maximum absolute atomic E-state index is 12.8. The number of hydrogen-bond donors (Lipinski definition) is 2. The van der Waals surface area contributed by atoms with Crippen molar-refractivity contribution in [1.29, 1.82) is 0 Å². The van der Waals surface area contributed by atoms with Crippen LogP contribution >= 0.6 is 0 Å². The molecule has 0 saturated carbocycles. The van der Waals surface area contributed by atoms with Gasteiger partial charge in [0, 0.05) is 6.04 Å². The molecule has 1 rings (SSSR count). The third-order valence-corrected chi connectivity index (χ3v) is 2.35. The zero-order chi connectivity index (χ0) is 10.7. The molecular weight excluding hydrogens is 181 g/mol. The highest BCUT2D eigenvalue weighted by atomic mass is 19.1. The van der Waals surface area contributed by atoms with Crippen molar-refractivity contribution >= 4 is 0 Å². The first kappa shape index (κ1) is 11.1. The highest BCUT2D eigenvalue weighted by molar-refractivity contribution is 5.30. The van der Waals surface area contributed by atoms with E-state index in [1.165, 1.54) is 12.1 Å². The lowest BCUT2D eigenvalue weighted by Crippen LogP contribution is -2.18. The second-order valence-electron chi connectivity index (χ2n) is 3.77. The Morgan fingerprint density at radius 1 is 1.43 bits per heavy atom. The van der Waals surface area contributed by atoms with E-state index in [9.17, 15) is 4.39 Å². The number of aliphatic hydroxyl groups is 1. The second-order valence-corrected chi connectivity index (χ2v) is 3.77. The van der Waals surface area contributed by atoms with Crippen LogP contribution in [0.4, 0.5) is 4.39 Å². The van der Waals surface area contributed by atoms with Gasteiger partial charge in [0.15, 0.2) is 0 Å². The van der Waals surface area contributed by atoms with Crippen LogP contribution in [0.2, 0.25) is 0 Å². The Morgan fingerprint density at radius 3 is 2.57 bits per heavy atom. The van der Waals surface area contributed by atoms with Crippen LogP contribution in [0.15, 0.2) is 18.2 Å². The molecule has 0 heterocycles. The fraction of sp³-hybridized carbons (Fsp3) is 0.455. The Labute approximate surface area is 83.6 Å². The first-order valence-electron chi connectivity index (χ1n) is 4.71. The van der Waals surface area contributed by atoms with E-state index < -0.39 is 0 Å². The molecule has 3 heteroatoms. The molecule has 1 atom stereocenters. The predicted octanol–water partition coefficient (Wildman–Crippen LogP) is 1.97. The number of nitrogens with two attached hydrogens (primary N) is 1. The van der Waals surface area contributed by atoms with Gasteiger partial charge in [-0.3, -0.25) is 0 Å². The van der Waals surface area contributed by atoms with Crippen molar-refractivity contribution in [2.24, 2.45) is 11.7 Å². The van der Waals surface area contributed by atoms with Crippen LogP contribution in [0.3, 0.4) is 0 Å². The van der Waals surface area contributed by atoms with Crippen LogP contribution in [-0.4, -0.2) is 5.11 Å². The summed E-state index contributed by atoms with van der Waals surface area (Å²) in [6.45, 7) is 3.82. The van der Waals surface area contributed by atoms with Gasteiger partial charge < -0.3 is 10.8 Å². The molecule has 0 fully saturated rings. The van der Waals surface area contributed by atoms with E-state index in [1.54, 1.807) is 6.07 Å². The minimum Gasteiger partial charge on any atom is -0.392 e. The van der Waals surface area contributed by atoms with E-state index in [2.05, 4.69) is 0 Å². The van der Waals surface area contributed by atoms with Gasteiger partial charge in [-0.05, 0) is 29.2 Å². The minimum atomic E-state index is -0.339. The lowest BCUT2D eigenvalue weighted by molar-refractivity contribution is 0.278. The highest BCUT2D eigenvalue weighted by Gasteiger charge is 2.14. The summed E-state index contributed by atoms with van der Waals surface area (Å²) in [7, 11) is 0. The molecule has 0 aliphatic carbocycles. The Kier molecular flexibility index (Phi) is 3.61. The molecule has 0 unspecified atom stereocenters. The molecule has 0 amide bonds. The summed E-state index contributed by atoms with van der Waals surface area (Å²) >= 11 is 0. The molecule has 0 spiro atoms. The Morgan fingerprint density at radius 2 is 2.07 bits per heavy atom. The van der Waals surface area contributed by atoms with Crippen molar-refractivity contribution in [3.05, 3.63) is 35.1 Å². The molecule has 1 aromatic carbocycles. The number of hydrogen-bond acceptors (Lipinski definition) is 2. The summed E-state index contributed by atoms with van der Waals surface area (Å²) in [6, 6.07) is 4.19. The number of halogens is 1. The van der Waals surface area contributed by atoms with Crippen LogP contribution in [-0.2, 0) is 6.61 Å².